The number of anilines is 1. The first kappa shape index (κ1) is 15.3. The molecule has 5 heteroatoms. The Morgan fingerprint density at radius 2 is 2.30 bits per heavy atom. The number of aliphatic hydroxyl groups excluding tert-OH is 1. The van der Waals surface area contributed by atoms with Crippen molar-refractivity contribution in [2.45, 2.75) is 32.2 Å². The number of hydrogen-bond acceptors (Lipinski definition) is 3. The minimum absolute atomic E-state index is 0.0456. The first-order valence-electron chi connectivity index (χ1n) is 7.01. The van der Waals surface area contributed by atoms with Gasteiger partial charge in [-0.3, -0.25) is 9.69 Å². The first-order valence-corrected chi connectivity index (χ1v) is 7.39. The van der Waals surface area contributed by atoms with Crippen molar-refractivity contribution < 1.29 is 9.90 Å². The highest BCUT2D eigenvalue weighted by atomic mass is 35.5. The zero-order valence-electron chi connectivity index (χ0n) is 11.7. The Balaban J connectivity index is 1.94. The third-order valence-corrected chi connectivity index (χ3v) is 4.00. The van der Waals surface area contributed by atoms with Gasteiger partial charge in [-0.05, 0) is 50.1 Å². The first-order chi connectivity index (χ1) is 9.60. The van der Waals surface area contributed by atoms with Crippen molar-refractivity contribution in [2.75, 3.05) is 25.0 Å². The number of piperidine rings is 1. The molecule has 0 bridgehead atoms. The smallest absolute Gasteiger partial charge is 0.238 e. The number of halogens is 1. The number of aryl methyl sites for hydroxylation is 1. The van der Waals surface area contributed by atoms with E-state index in [9.17, 15) is 9.90 Å². The molecule has 0 spiro atoms. The standard InChI is InChI=1S/C15H21ClN2O2/c1-11-8-12(16)5-6-14(11)17-15(20)9-18-7-3-2-4-13(18)10-19/h5-6,8,13,19H,2-4,7,9-10H2,1H3,(H,17,20). The Labute approximate surface area is 124 Å². The highest BCUT2D eigenvalue weighted by Crippen LogP contribution is 2.20. The van der Waals surface area contributed by atoms with Crippen LogP contribution in [0.15, 0.2) is 18.2 Å². The van der Waals surface area contributed by atoms with Crippen LogP contribution in [0.3, 0.4) is 0 Å². The zero-order chi connectivity index (χ0) is 14.5. The van der Waals surface area contributed by atoms with Crippen molar-refractivity contribution in [1.82, 2.24) is 4.90 Å². The van der Waals surface area contributed by atoms with Gasteiger partial charge in [0.2, 0.25) is 5.91 Å². The monoisotopic (exact) mass is 296 g/mol. The molecule has 1 amide bonds. The summed E-state index contributed by atoms with van der Waals surface area (Å²) in [6.45, 7) is 3.23. The molecule has 0 radical (unpaired) electrons. The third-order valence-electron chi connectivity index (χ3n) is 3.77. The summed E-state index contributed by atoms with van der Waals surface area (Å²) < 4.78 is 0. The number of aliphatic hydroxyl groups is 1. The number of likely N-dealkylation sites (tertiary alicyclic amines) is 1. The summed E-state index contributed by atoms with van der Waals surface area (Å²) in [5.74, 6) is -0.0456. The maximum Gasteiger partial charge on any atom is 0.238 e. The fourth-order valence-electron chi connectivity index (χ4n) is 2.62. The topological polar surface area (TPSA) is 52.6 Å². The molecule has 2 N–H and O–H groups in total. The molecule has 20 heavy (non-hydrogen) atoms. The molecule has 1 aromatic carbocycles. The van der Waals surface area contributed by atoms with Gasteiger partial charge in [-0.1, -0.05) is 18.0 Å². The van der Waals surface area contributed by atoms with Crippen LogP contribution in [0.25, 0.3) is 0 Å². The summed E-state index contributed by atoms with van der Waals surface area (Å²) in [7, 11) is 0. The van der Waals surface area contributed by atoms with Gasteiger partial charge in [0.1, 0.15) is 0 Å². The molecule has 1 saturated heterocycles. The van der Waals surface area contributed by atoms with Crippen LogP contribution in [-0.4, -0.2) is 41.7 Å². The molecule has 1 heterocycles. The Morgan fingerprint density at radius 3 is 3.00 bits per heavy atom. The van der Waals surface area contributed by atoms with E-state index < -0.39 is 0 Å². The fourth-order valence-corrected chi connectivity index (χ4v) is 2.84. The summed E-state index contributed by atoms with van der Waals surface area (Å²) in [4.78, 5) is 14.2. The van der Waals surface area contributed by atoms with E-state index in [1.807, 2.05) is 19.1 Å². The molecule has 0 aromatic heterocycles. The van der Waals surface area contributed by atoms with Crippen molar-refractivity contribution in [1.29, 1.82) is 0 Å². The number of nitrogens with zero attached hydrogens (tertiary/aromatic N) is 1. The van der Waals surface area contributed by atoms with E-state index in [0.717, 1.165) is 37.1 Å². The summed E-state index contributed by atoms with van der Waals surface area (Å²) in [5, 5.41) is 12.9. The maximum atomic E-state index is 12.1. The van der Waals surface area contributed by atoms with Gasteiger partial charge in [0.05, 0.1) is 13.2 Å². The molecule has 4 nitrogen and oxygen atoms in total. The number of rotatable bonds is 4. The van der Waals surface area contributed by atoms with Crippen molar-refractivity contribution in [3.05, 3.63) is 28.8 Å². The van der Waals surface area contributed by atoms with Gasteiger partial charge in [-0.2, -0.15) is 0 Å². The summed E-state index contributed by atoms with van der Waals surface area (Å²) in [6.07, 6.45) is 3.17. The lowest BCUT2D eigenvalue weighted by atomic mass is 10.0. The van der Waals surface area contributed by atoms with E-state index in [-0.39, 0.29) is 18.6 Å². The number of hydrogen-bond donors (Lipinski definition) is 2. The molecule has 1 unspecified atom stereocenters. The molecule has 1 aliphatic rings. The van der Waals surface area contributed by atoms with Crippen LogP contribution >= 0.6 is 11.6 Å². The minimum atomic E-state index is -0.0456. The van der Waals surface area contributed by atoms with Crippen molar-refractivity contribution in [2.24, 2.45) is 0 Å². The lowest BCUT2D eigenvalue weighted by Gasteiger charge is -2.33. The number of amides is 1. The predicted molar refractivity (Wildman–Crippen MR) is 81.1 cm³/mol. The Kier molecular flexibility index (Phi) is 5.40. The third kappa shape index (κ3) is 3.95. The van der Waals surface area contributed by atoms with Gasteiger partial charge in [0.25, 0.3) is 0 Å². The Hall–Kier alpha value is -1.10. The molecular weight excluding hydrogens is 276 g/mol. The minimum Gasteiger partial charge on any atom is -0.395 e. The average molecular weight is 297 g/mol. The SMILES string of the molecule is Cc1cc(Cl)ccc1NC(=O)CN1CCCCC1CO. The highest BCUT2D eigenvalue weighted by molar-refractivity contribution is 6.30. The summed E-state index contributed by atoms with van der Waals surface area (Å²) >= 11 is 5.90. The Morgan fingerprint density at radius 1 is 1.50 bits per heavy atom. The largest absolute Gasteiger partial charge is 0.395 e. The van der Waals surface area contributed by atoms with Gasteiger partial charge >= 0.3 is 0 Å². The Bertz CT molecular complexity index is 479. The van der Waals surface area contributed by atoms with Crippen LogP contribution in [-0.2, 0) is 4.79 Å². The quantitative estimate of drug-likeness (QED) is 0.897. The highest BCUT2D eigenvalue weighted by Gasteiger charge is 2.23. The maximum absolute atomic E-state index is 12.1. The molecule has 2 rings (SSSR count). The molecule has 1 fully saturated rings. The lowest BCUT2D eigenvalue weighted by Crippen LogP contribution is -2.45. The van der Waals surface area contributed by atoms with E-state index in [1.54, 1.807) is 6.07 Å². The molecule has 1 atom stereocenters. The van der Waals surface area contributed by atoms with Gasteiger partial charge in [0.15, 0.2) is 0 Å². The van der Waals surface area contributed by atoms with Gasteiger partial charge < -0.3 is 10.4 Å². The molecule has 0 aliphatic carbocycles. The van der Waals surface area contributed by atoms with E-state index in [2.05, 4.69) is 10.2 Å². The van der Waals surface area contributed by atoms with Crippen LogP contribution in [0.1, 0.15) is 24.8 Å². The second-order valence-electron chi connectivity index (χ2n) is 5.31. The van der Waals surface area contributed by atoms with E-state index in [4.69, 9.17) is 11.6 Å². The second-order valence-corrected chi connectivity index (χ2v) is 5.75. The average Bonchev–Trinajstić information content (AvgIpc) is 2.42. The zero-order valence-corrected chi connectivity index (χ0v) is 12.5. The van der Waals surface area contributed by atoms with E-state index in [0.29, 0.717) is 11.6 Å². The van der Waals surface area contributed by atoms with Crippen LogP contribution in [0, 0.1) is 6.92 Å². The van der Waals surface area contributed by atoms with Crippen molar-refractivity contribution in [3.8, 4) is 0 Å². The van der Waals surface area contributed by atoms with Crippen LogP contribution in [0.5, 0.6) is 0 Å². The second kappa shape index (κ2) is 7.07. The summed E-state index contributed by atoms with van der Waals surface area (Å²) in [5.41, 5.74) is 1.74. The van der Waals surface area contributed by atoms with E-state index in [1.165, 1.54) is 0 Å². The van der Waals surface area contributed by atoms with Crippen molar-refractivity contribution >= 4 is 23.2 Å². The number of carbonyl (C=O) groups excluding carboxylic acids is 1. The number of benzene rings is 1. The normalized spacial score (nSPS) is 19.9. The summed E-state index contributed by atoms with van der Waals surface area (Å²) in [6, 6.07) is 5.52. The van der Waals surface area contributed by atoms with Gasteiger partial charge in [0, 0.05) is 16.8 Å². The van der Waals surface area contributed by atoms with Crippen LogP contribution in [0.2, 0.25) is 5.02 Å². The van der Waals surface area contributed by atoms with Crippen LogP contribution < -0.4 is 5.32 Å². The lowest BCUT2D eigenvalue weighted by molar-refractivity contribution is -0.118. The fraction of sp³-hybridized carbons (Fsp3) is 0.533. The van der Waals surface area contributed by atoms with Crippen molar-refractivity contribution in [3.63, 3.8) is 0 Å². The molecule has 1 aromatic rings. The molecule has 110 valence electrons. The number of nitrogens with one attached hydrogen (secondary N) is 1. The van der Waals surface area contributed by atoms with Crippen LogP contribution in [0.4, 0.5) is 5.69 Å². The predicted octanol–water partition coefficient (Wildman–Crippen LogP) is 2.43. The van der Waals surface area contributed by atoms with Gasteiger partial charge in [-0.25, -0.2) is 0 Å². The molecule has 1 aliphatic heterocycles. The van der Waals surface area contributed by atoms with Gasteiger partial charge in [-0.15, -0.1) is 0 Å². The molecule has 0 saturated carbocycles. The van der Waals surface area contributed by atoms with E-state index >= 15 is 0 Å². The molecular formula is C15H21ClN2O2. The number of carbonyl (C=O) groups is 1.